The first-order chi connectivity index (χ1) is 17.0. The molecular formula is C27H24N2O6. The number of imide groups is 1. The molecule has 2 aliphatic heterocycles. The van der Waals surface area contributed by atoms with Gasteiger partial charge in [0.05, 0.1) is 38.0 Å². The normalized spacial score (nSPS) is 18.9. The van der Waals surface area contributed by atoms with Gasteiger partial charge in [-0.25, -0.2) is 0 Å². The highest BCUT2D eigenvalue weighted by atomic mass is 16.5. The van der Waals surface area contributed by atoms with Gasteiger partial charge in [0.1, 0.15) is 11.8 Å². The zero-order valence-corrected chi connectivity index (χ0v) is 19.6. The quantitative estimate of drug-likeness (QED) is 0.384. The molecule has 3 aromatic rings. The third-order valence-electron chi connectivity index (χ3n) is 6.35. The van der Waals surface area contributed by atoms with Gasteiger partial charge in [-0.15, -0.1) is 0 Å². The Morgan fingerprint density at radius 1 is 0.743 bits per heavy atom. The number of ether oxygens (including phenoxy) is 3. The van der Waals surface area contributed by atoms with Crippen LogP contribution in [-0.2, 0) is 4.79 Å². The Hall–Kier alpha value is -4.33. The molecular weight excluding hydrogens is 448 g/mol. The van der Waals surface area contributed by atoms with Crippen LogP contribution >= 0.6 is 0 Å². The van der Waals surface area contributed by atoms with Crippen molar-refractivity contribution in [1.29, 1.82) is 0 Å². The molecule has 2 unspecified atom stereocenters. The van der Waals surface area contributed by atoms with Crippen molar-refractivity contribution in [3.05, 3.63) is 83.4 Å². The van der Waals surface area contributed by atoms with E-state index in [9.17, 15) is 14.4 Å². The summed E-state index contributed by atoms with van der Waals surface area (Å²) in [7, 11) is 3.05. The lowest BCUT2D eigenvalue weighted by Gasteiger charge is -2.49. The van der Waals surface area contributed by atoms with Gasteiger partial charge in [-0.05, 0) is 48.9 Å². The fraction of sp³-hybridized carbons (Fsp3) is 0.222. The molecule has 2 heterocycles. The molecule has 0 aliphatic carbocycles. The predicted molar refractivity (Wildman–Crippen MR) is 128 cm³/mol. The number of nitrogens with zero attached hydrogens (tertiary/aromatic N) is 2. The SMILES string of the molecule is CCOc1ccc(C2C(N3C(=O)c4ccccc4C3=O)C(=O)N2c2ccc(OC)c(OC)c2)cc1. The van der Waals surface area contributed by atoms with Crippen LogP contribution in [0.4, 0.5) is 5.69 Å². The molecule has 0 N–H and O–H groups in total. The second kappa shape index (κ2) is 8.79. The minimum absolute atomic E-state index is 0.306. The van der Waals surface area contributed by atoms with Crippen molar-refractivity contribution in [2.75, 3.05) is 25.7 Å². The Balaban J connectivity index is 1.57. The maximum absolute atomic E-state index is 13.6. The third-order valence-corrected chi connectivity index (χ3v) is 6.35. The van der Waals surface area contributed by atoms with E-state index < -0.39 is 23.9 Å². The fourth-order valence-corrected chi connectivity index (χ4v) is 4.71. The Labute approximate surface area is 202 Å². The van der Waals surface area contributed by atoms with E-state index in [1.165, 1.54) is 14.2 Å². The fourth-order valence-electron chi connectivity index (χ4n) is 4.71. The van der Waals surface area contributed by atoms with Crippen molar-refractivity contribution in [2.45, 2.75) is 19.0 Å². The second-order valence-corrected chi connectivity index (χ2v) is 8.17. The van der Waals surface area contributed by atoms with Crippen LogP contribution in [0.1, 0.15) is 39.2 Å². The smallest absolute Gasteiger partial charge is 0.262 e. The van der Waals surface area contributed by atoms with Crippen LogP contribution in [0.5, 0.6) is 17.2 Å². The van der Waals surface area contributed by atoms with Crippen molar-refractivity contribution in [3.63, 3.8) is 0 Å². The number of anilines is 1. The van der Waals surface area contributed by atoms with Gasteiger partial charge in [0.25, 0.3) is 17.7 Å². The lowest BCUT2D eigenvalue weighted by molar-refractivity contribution is -0.130. The summed E-state index contributed by atoms with van der Waals surface area (Å²) in [6.45, 7) is 2.42. The first-order valence-corrected chi connectivity index (χ1v) is 11.2. The maximum atomic E-state index is 13.6. The molecule has 1 fully saturated rings. The van der Waals surface area contributed by atoms with Gasteiger partial charge in [-0.2, -0.15) is 0 Å². The van der Waals surface area contributed by atoms with Crippen LogP contribution in [0.3, 0.4) is 0 Å². The minimum atomic E-state index is -0.978. The molecule has 0 radical (unpaired) electrons. The molecule has 1 saturated heterocycles. The van der Waals surface area contributed by atoms with Crippen molar-refractivity contribution in [3.8, 4) is 17.2 Å². The number of hydrogen-bond acceptors (Lipinski definition) is 6. The molecule has 2 aliphatic rings. The van der Waals surface area contributed by atoms with Crippen molar-refractivity contribution in [1.82, 2.24) is 4.90 Å². The number of β-lactam (4-membered cyclic amide) rings is 1. The number of amides is 3. The van der Waals surface area contributed by atoms with E-state index >= 15 is 0 Å². The highest BCUT2D eigenvalue weighted by molar-refractivity contribution is 6.24. The minimum Gasteiger partial charge on any atom is -0.494 e. The van der Waals surface area contributed by atoms with E-state index in [0.29, 0.717) is 40.7 Å². The number of carbonyl (C=O) groups is 3. The summed E-state index contributed by atoms with van der Waals surface area (Å²) in [5.41, 5.74) is 1.95. The van der Waals surface area contributed by atoms with Crippen LogP contribution < -0.4 is 19.1 Å². The lowest BCUT2D eigenvalue weighted by atomic mass is 9.86. The van der Waals surface area contributed by atoms with Crippen LogP contribution in [0.25, 0.3) is 0 Å². The van der Waals surface area contributed by atoms with Crippen molar-refractivity contribution >= 4 is 23.4 Å². The van der Waals surface area contributed by atoms with Crippen molar-refractivity contribution in [2.24, 2.45) is 0 Å². The first kappa shape index (κ1) is 22.5. The summed E-state index contributed by atoms with van der Waals surface area (Å²) in [4.78, 5) is 42.7. The number of methoxy groups -OCH3 is 2. The molecule has 0 spiro atoms. The van der Waals surface area contributed by atoms with E-state index in [1.807, 2.05) is 31.2 Å². The summed E-state index contributed by atoms with van der Waals surface area (Å²) < 4.78 is 16.3. The Morgan fingerprint density at radius 2 is 1.37 bits per heavy atom. The Bertz CT molecular complexity index is 1280. The summed E-state index contributed by atoms with van der Waals surface area (Å²) in [5.74, 6) is 0.396. The highest BCUT2D eigenvalue weighted by Gasteiger charge is 2.57. The van der Waals surface area contributed by atoms with Crippen LogP contribution in [-0.4, -0.2) is 49.5 Å². The van der Waals surface area contributed by atoms with E-state index in [2.05, 4.69) is 0 Å². The Morgan fingerprint density at radius 3 is 1.94 bits per heavy atom. The molecule has 8 nitrogen and oxygen atoms in total. The van der Waals surface area contributed by atoms with Crippen LogP contribution in [0, 0.1) is 0 Å². The molecule has 2 atom stereocenters. The van der Waals surface area contributed by atoms with Gasteiger partial charge in [0.15, 0.2) is 11.5 Å². The summed E-state index contributed by atoms with van der Waals surface area (Å²) >= 11 is 0. The predicted octanol–water partition coefficient (Wildman–Crippen LogP) is 3.86. The van der Waals surface area contributed by atoms with Gasteiger partial charge < -0.3 is 19.1 Å². The topological polar surface area (TPSA) is 85.4 Å². The number of rotatable bonds is 7. The number of hydrogen-bond donors (Lipinski definition) is 0. The summed E-state index contributed by atoms with van der Waals surface area (Å²) in [6, 6.07) is 17.6. The maximum Gasteiger partial charge on any atom is 0.262 e. The number of carbonyl (C=O) groups excluding carboxylic acids is 3. The van der Waals surface area contributed by atoms with E-state index in [-0.39, 0.29) is 5.91 Å². The van der Waals surface area contributed by atoms with Gasteiger partial charge in [0.2, 0.25) is 0 Å². The monoisotopic (exact) mass is 472 g/mol. The zero-order chi connectivity index (χ0) is 24.7. The van der Waals surface area contributed by atoms with Gasteiger partial charge in [-0.1, -0.05) is 24.3 Å². The number of benzene rings is 3. The molecule has 178 valence electrons. The average molecular weight is 472 g/mol. The molecule has 0 aromatic heterocycles. The first-order valence-electron chi connectivity index (χ1n) is 11.2. The second-order valence-electron chi connectivity index (χ2n) is 8.17. The van der Waals surface area contributed by atoms with Gasteiger partial charge in [-0.3, -0.25) is 19.3 Å². The largest absolute Gasteiger partial charge is 0.494 e. The molecule has 5 rings (SSSR count). The van der Waals surface area contributed by atoms with Gasteiger partial charge in [0, 0.05) is 11.8 Å². The molecule has 3 aromatic carbocycles. The van der Waals surface area contributed by atoms with Crippen LogP contribution in [0.15, 0.2) is 66.7 Å². The highest BCUT2D eigenvalue weighted by Crippen LogP contribution is 2.46. The molecule has 0 bridgehead atoms. The standard InChI is InChI=1S/C27H24N2O6/c1-4-35-18-12-9-16(10-13-18)23-24(29-25(30)19-7-5-6-8-20(19)26(29)31)27(32)28(23)17-11-14-21(33-2)22(15-17)34-3/h5-15,23-24H,4H2,1-3H3. The third kappa shape index (κ3) is 3.49. The summed E-state index contributed by atoms with van der Waals surface area (Å²) in [6.07, 6.45) is 0. The average Bonchev–Trinajstić information content (AvgIpc) is 3.13. The summed E-state index contributed by atoms with van der Waals surface area (Å²) in [5, 5.41) is 0. The number of fused-ring (bicyclic) bond motifs is 1. The van der Waals surface area contributed by atoms with E-state index in [4.69, 9.17) is 14.2 Å². The van der Waals surface area contributed by atoms with Crippen molar-refractivity contribution < 1.29 is 28.6 Å². The molecule has 8 heteroatoms. The zero-order valence-electron chi connectivity index (χ0n) is 19.6. The van der Waals surface area contributed by atoms with E-state index in [1.54, 1.807) is 47.4 Å². The Kier molecular flexibility index (Phi) is 5.64. The van der Waals surface area contributed by atoms with E-state index in [0.717, 1.165) is 10.5 Å². The van der Waals surface area contributed by atoms with Gasteiger partial charge >= 0.3 is 0 Å². The molecule has 3 amide bonds. The lowest BCUT2D eigenvalue weighted by Crippen LogP contribution is -2.67. The van der Waals surface area contributed by atoms with Crippen LogP contribution in [0.2, 0.25) is 0 Å². The molecule has 0 saturated carbocycles. The molecule has 35 heavy (non-hydrogen) atoms.